The van der Waals surface area contributed by atoms with E-state index in [0.717, 1.165) is 25.7 Å². The lowest BCUT2D eigenvalue weighted by Crippen LogP contribution is -2.45. The summed E-state index contributed by atoms with van der Waals surface area (Å²) < 4.78 is 0. The zero-order valence-corrected chi connectivity index (χ0v) is 12.1. The lowest BCUT2D eigenvalue weighted by molar-refractivity contribution is -0.118. The topological polar surface area (TPSA) is 20.3 Å². The van der Waals surface area contributed by atoms with Crippen LogP contribution in [0.4, 0.5) is 0 Å². The molecule has 0 heterocycles. The minimum absolute atomic E-state index is 0.158. The van der Waals surface area contributed by atoms with Crippen molar-refractivity contribution in [2.75, 3.05) is 13.6 Å². The summed E-state index contributed by atoms with van der Waals surface area (Å²) in [5.74, 6) is 0. The van der Waals surface area contributed by atoms with Crippen molar-refractivity contribution in [3.8, 4) is 0 Å². The van der Waals surface area contributed by atoms with E-state index in [1.807, 2.05) is 0 Å². The number of aldehydes is 1. The molecule has 16 heavy (non-hydrogen) atoms. The number of carbonyl (C=O) groups excluding carboxylic acids is 1. The Morgan fingerprint density at radius 2 is 1.62 bits per heavy atom. The summed E-state index contributed by atoms with van der Waals surface area (Å²) in [4.78, 5) is 13.6. The summed E-state index contributed by atoms with van der Waals surface area (Å²) in [6, 6.07) is 0.477. The molecule has 0 rings (SSSR count). The molecule has 0 radical (unpaired) electrons. The summed E-state index contributed by atoms with van der Waals surface area (Å²) in [5.41, 5.74) is 0.0963. The van der Waals surface area contributed by atoms with E-state index in [0.29, 0.717) is 6.04 Å². The summed E-state index contributed by atoms with van der Waals surface area (Å²) in [6.07, 6.45) is 3.00. The van der Waals surface area contributed by atoms with Gasteiger partial charge in [0.15, 0.2) is 0 Å². The molecule has 0 aromatic rings. The minimum Gasteiger partial charge on any atom is -0.303 e. The SMILES string of the molecule is CCC(C=O)(CC)CN(C)C(C)C(C)(C)C. The Kier molecular flexibility index (Phi) is 5.67. The third-order valence-electron chi connectivity index (χ3n) is 4.14. The third-order valence-corrected chi connectivity index (χ3v) is 4.14. The number of hydrogen-bond donors (Lipinski definition) is 0. The molecule has 0 bridgehead atoms. The van der Waals surface area contributed by atoms with Crippen LogP contribution in [0.15, 0.2) is 0 Å². The van der Waals surface area contributed by atoms with Gasteiger partial charge in [0, 0.05) is 18.0 Å². The van der Waals surface area contributed by atoms with Crippen molar-refractivity contribution in [2.24, 2.45) is 10.8 Å². The van der Waals surface area contributed by atoms with Gasteiger partial charge in [0.05, 0.1) is 0 Å². The van der Waals surface area contributed by atoms with Crippen molar-refractivity contribution >= 4 is 6.29 Å². The Hall–Kier alpha value is -0.370. The maximum absolute atomic E-state index is 11.3. The van der Waals surface area contributed by atoms with Crippen LogP contribution in [0, 0.1) is 10.8 Å². The highest BCUT2D eigenvalue weighted by Crippen LogP contribution is 2.29. The first-order chi connectivity index (χ1) is 7.22. The molecule has 0 aromatic heterocycles. The lowest BCUT2D eigenvalue weighted by atomic mass is 9.81. The highest BCUT2D eigenvalue weighted by atomic mass is 16.1. The van der Waals surface area contributed by atoms with E-state index in [1.165, 1.54) is 0 Å². The van der Waals surface area contributed by atoms with Gasteiger partial charge in [0.2, 0.25) is 0 Å². The second-order valence-electron chi connectivity index (χ2n) is 6.14. The van der Waals surface area contributed by atoms with Gasteiger partial charge in [-0.2, -0.15) is 0 Å². The summed E-state index contributed by atoms with van der Waals surface area (Å²) in [5, 5.41) is 0. The molecular formula is C14H29NO. The van der Waals surface area contributed by atoms with Crippen molar-refractivity contribution in [1.29, 1.82) is 0 Å². The molecule has 0 aliphatic rings. The van der Waals surface area contributed by atoms with Gasteiger partial charge in [-0.3, -0.25) is 0 Å². The van der Waals surface area contributed by atoms with Crippen LogP contribution in [0.1, 0.15) is 54.4 Å². The standard InChI is InChI=1S/C14H29NO/c1-8-14(9-2,11-16)10-15(7)12(3)13(4,5)6/h11-12H,8-10H2,1-7H3. The molecule has 0 aromatic carbocycles. The van der Waals surface area contributed by atoms with Gasteiger partial charge in [-0.1, -0.05) is 34.6 Å². The van der Waals surface area contributed by atoms with Crippen LogP contribution in [0.2, 0.25) is 0 Å². The fourth-order valence-corrected chi connectivity index (χ4v) is 1.97. The average Bonchev–Trinajstić information content (AvgIpc) is 2.23. The molecule has 96 valence electrons. The Morgan fingerprint density at radius 1 is 1.19 bits per heavy atom. The highest BCUT2D eigenvalue weighted by Gasteiger charge is 2.31. The number of carbonyl (C=O) groups is 1. The molecule has 0 saturated carbocycles. The van der Waals surface area contributed by atoms with Gasteiger partial charge in [-0.15, -0.1) is 0 Å². The Morgan fingerprint density at radius 3 is 1.88 bits per heavy atom. The predicted octanol–water partition coefficient (Wildman–Crippen LogP) is 3.36. The molecule has 0 saturated heterocycles. The van der Waals surface area contributed by atoms with Gasteiger partial charge < -0.3 is 9.69 Å². The van der Waals surface area contributed by atoms with Crippen molar-refractivity contribution < 1.29 is 4.79 Å². The van der Waals surface area contributed by atoms with E-state index in [9.17, 15) is 4.79 Å². The molecule has 0 N–H and O–H groups in total. The number of hydrogen-bond acceptors (Lipinski definition) is 2. The monoisotopic (exact) mass is 227 g/mol. The number of nitrogens with zero attached hydrogens (tertiary/aromatic N) is 1. The second-order valence-corrected chi connectivity index (χ2v) is 6.14. The van der Waals surface area contributed by atoms with E-state index in [4.69, 9.17) is 0 Å². The van der Waals surface area contributed by atoms with Gasteiger partial charge in [0.1, 0.15) is 6.29 Å². The van der Waals surface area contributed by atoms with Crippen molar-refractivity contribution in [3.05, 3.63) is 0 Å². The molecule has 0 aliphatic carbocycles. The smallest absolute Gasteiger partial charge is 0.127 e. The quantitative estimate of drug-likeness (QED) is 0.649. The Bertz CT molecular complexity index is 213. The van der Waals surface area contributed by atoms with Crippen molar-refractivity contribution in [1.82, 2.24) is 4.90 Å². The zero-order valence-electron chi connectivity index (χ0n) is 12.1. The summed E-state index contributed by atoms with van der Waals surface area (Å²) >= 11 is 0. The predicted molar refractivity (Wildman–Crippen MR) is 70.6 cm³/mol. The largest absolute Gasteiger partial charge is 0.303 e. The van der Waals surface area contributed by atoms with Crippen LogP contribution < -0.4 is 0 Å². The van der Waals surface area contributed by atoms with E-state index >= 15 is 0 Å². The minimum atomic E-state index is -0.158. The number of rotatable bonds is 6. The van der Waals surface area contributed by atoms with Crippen LogP contribution >= 0.6 is 0 Å². The van der Waals surface area contributed by atoms with Crippen LogP contribution in [0.3, 0.4) is 0 Å². The zero-order chi connectivity index (χ0) is 13.0. The highest BCUT2D eigenvalue weighted by molar-refractivity contribution is 5.59. The molecule has 0 spiro atoms. The normalized spacial score (nSPS) is 15.2. The summed E-state index contributed by atoms with van der Waals surface area (Å²) in [7, 11) is 2.12. The van der Waals surface area contributed by atoms with E-state index in [2.05, 4.69) is 53.5 Å². The fourth-order valence-electron chi connectivity index (χ4n) is 1.97. The van der Waals surface area contributed by atoms with Gasteiger partial charge in [-0.05, 0) is 32.2 Å². The maximum Gasteiger partial charge on any atom is 0.127 e. The van der Waals surface area contributed by atoms with Crippen molar-refractivity contribution in [3.63, 3.8) is 0 Å². The molecule has 0 fully saturated rings. The molecule has 0 aliphatic heterocycles. The first kappa shape index (κ1) is 15.6. The first-order valence-electron chi connectivity index (χ1n) is 6.39. The Balaban J connectivity index is 4.64. The van der Waals surface area contributed by atoms with E-state index in [-0.39, 0.29) is 10.8 Å². The average molecular weight is 227 g/mol. The maximum atomic E-state index is 11.3. The molecule has 1 atom stereocenters. The third kappa shape index (κ3) is 3.89. The molecule has 2 nitrogen and oxygen atoms in total. The molecule has 0 amide bonds. The molecule has 2 heteroatoms. The van der Waals surface area contributed by atoms with Gasteiger partial charge in [0.25, 0.3) is 0 Å². The summed E-state index contributed by atoms with van der Waals surface area (Å²) in [6.45, 7) is 14.0. The first-order valence-corrected chi connectivity index (χ1v) is 6.39. The lowest BCUT2D eigenvalue weighted by Gasteiger charge is -2.39. The molecular weight excluding hydrogens is 198 g/mol. The fraction of sp³-hybridized carbons (Fsp3) is 0.929. The van der Waals surface area contributed by atoms with Gasteiger partial charge >= 0.3 is 0 Å². The van der Waals surface area contributed by atoms with Crippen LogP contribution in [0.5, 0.6) is 0 Å². The van der Waals surface area contributed by atoms with Crippen LogP contribution in [-0.4, -0.2) is 30.8 Å². The van der Waals surface area contributed by atoms with E-state index in [1.54, 1.807) is 0 Å². The Labute approximate surface area is 101 Å². The second kappa shape index (κ2) is 5.81. The molecule has 1 unspecified atom stereocenters. The van der Waals surface area contributed by atoms with Crippen LogP contribution in [0.25, 0.3) is 0 Å². The van der Waals surface area contributed by atoms with Crippen molar-refractivity contribution in [2.45, 2.75) is 60.4 Å². The van der Waals surface area contributed by atoms with Gasteiger partial charge in [-0.25, -0.2) is 0 Å². The van der Waals surface area contributed by atoms with E-state index < -0.39 is 0 Å². The van der Waals surface area contributed by atoms with Crippen LogP contribution in [-0.2, 0) is 4.79 Å².